The van der Waals surface area contributed by atoms with Crippen LogP contribution < -0.4 is 4.90 Å². The minimum Gasteiger partial charge on any atom is -0.375 e. The second kappa shape index (κ2) is 6.10. The van der Waals surface area contributed by atoms with Crippen molar-refractivity contribution in [2.24, 2.45) is 0 Å². The van der Waals surface area contributed by atoms with Gasteiger partial charge in [0.05, 0.1) is 5.52 Å². The van der Waals surface area contributed by atoms with Gasteiger partial charge in [0.15, 0.2) is 10.4 Å². The molecule has 0 aliphatic rings. The van der Waals surface area contributed by atoms with Gasteiger partial charge in [-0.3, -0.25) is 0 Å². The van der Waals surface area contributed by atoms with Crippen LogP contribution in [-0.4, -0.2) is 28.1 Å². The molecule has 0 fully saturated rings. The first-order valence-corrected chi connectivity index (χ1v) is 7.46. The van der Waals surface area contributed by atoms with Gasteiger partial charge in [0.25, 0.3) is 0 Å². The Hall–Kier alpha value is -2.14. The number of H-pyrrole nitrogens is 1. The van der Waals surface area contributed by atoms with Crippen LogP contribution in [0.25, 0.3) is 11.2 Å². The number of aromatic nitrogens is 3. The van der Waals surface area contributed by atoms with Gasteiger partial charge in [-0.05, 0) is 42.9 Å². The number of anilines is 1. The summed E-state index contributed by atoms with van der Waals surface area (Å²) in [6.45, 7) is 1.85. The van der Waals surface area contributed by atoms with E-state index in [0.29, 0.717) is 0 Å². The zero-order valence-electron chi connectivity index (χ0n) is 12.0. The molecular formula is C16H18N4S. The van der Waals surface area contributed by atoms with E-state index in [-0.39, 0.29) is 0 Å². The van der Waals surface area contributed by atoms with Crippen LogP contribution in [0.15, 0.2) is 48.7 Å². The highest BCUT2D eigenvalue weighted by Gasteiger charge is 2.05. The minimum atomic E-state index is 0.742. The number of nitrogens with one attached hydrogen (secondary N) is 1. The molecule has 0 spiro atoms. The van der Waals surface area contributed by atoms with Crippen molar-refractivity contribution >= 4 is 29.1 Å². The average molecular weight is 298 g/mol. The Morgan fingerprint density at radius 1 is 1.19 bits per heavy atom. The summed E-state index contributed by atoms with van der Waals surface area (Å²) in [6.07, 6.45) is 2.82. The minimum absolute atomic E-state index is 0.742. The molecule has 1 N–H and O–H groups in total. The quantitative estimate of drug-likeness (QED) is 0.731. The number of hydrogen-bond acceptors (Lipinski definition) is 3. The Morgan fingerprint density at radius 3 is 2.81 bits per heavy atom. The number of para-hydroxylation sites is 1. The Kier molecular flexibility index (Phi) is 4.01. The monoisotopic (exact) mass is 298 g/mol. The molecular weight excluding hydrogens is 280 g/mol. The third kappa shape index (κ3) is 2.97. The van der Waals surface area contributed by atoms with Crippen LogP contribution in [0.1, 0.15) is 6.42 Å². The van der Waals surface area contributed by atoms with Crippen molar-refractivity contribution in [3.63, 3.8) is 0 Å². The zero-order valence-corrected chi connectivity index (χ0v) is 12.8. The van der Waals surface area contributed by atoms with E-state index in [9.17, 15) is 0 Å². The molecule has 1 aromatic carbocycles. The lowest BCUT2D eigenvalue weighted by Crippen LogP contribution is -2.19. The first-order chi connectivity index (χ1) is 10.3. The summed E-state index contributed by atoms with van der Waals surface area (Å²) in [6, 6.07) is 14.3. The predicted octanol–water partition coefficient (Wildman–Crippen LogP) is 3.62. The number of nitrogens with zero attached hydrogens (tertiary/aromatic N) is 3. The Morgan fingerprint density at radius 2 is 2.00 bits per heavy atom. The fourth-order valence-electron chi connectivity index (χ4n) is 2.47. The molecule has 3 aromatic rings. The van der Waals surface area contributed by atoms with Crippen LogP contribution in [0.2, 0.25) is 0 Å². The van der Waals surface area contributed by atoms with Gasteiger partial charge in [-0.25, -0.2) is 4.98 Å². The first-order valence-electron chi connectivity index (χ1n) is 7.05. The second-order valence-corrected chi connectivity index (χ2v) is 5.45. The number of rotatable bonds is 5. The molecule has 0 saturated heterocycles. The van der Waals surface area contributed by atoms with E-state index in [0.717, 1.165) is 35.4 Å². The van der Waals surface area contributed by atoms with Crippen molar-refractivity contribution in [3.8, 4) is 0 Å². The Balaban J connectivity index is 1.67. The SMILES string of the molecule is CN(CCCn1c(=S)[nH]c2cccnc21)c1ccccc1. The summed E-state index contributed by atoms with van der Waals surface area (Å²) < 4.78 is 2.81. The van der Waals surface area contributed by atoms with Gasteiger partial charge in [-0.2, -0.15) is 0 Å². The van der Waals surface area contributed by atoms with E-state index in [4.69, 9.17) is 12.2 Å². The van der Waals surface area contributed by atoms with E-state index < -0.39 is 0 Å². The summed E-state index contributed by atoms with van der Waals surface area (Å²) in [5, 5.41) is 0. The number of hydrogen-bond donors (Lipinski definition) is 1. The zero-order chi connectivity index (χ0) is 14.7. The molecule has 0 aliphatic heterocycles. The van der Waals surface area contributed by atoms with Gasteiger partial charge < -0.3 is 14.5 Å². The number of imidazole rings is 1. The summed E-state index contributed by atoms with van der Waals surface area (Å²) in [7, 11) is 2.11. The van der Waals surface area contributed by atoms with Crippen molar-refractivity contribution in [3.05, 3.63) is 53.4 Å². The van der Waals surface area contributed by atoms with Crippen LogP contribution in [0.4, 0.5) is 5.69 Å². The van der Waals surface area contributed by atoms with Crippen molar-refractivity contribution in [2.45, 2.75) is 13.0 Å². The number of aromatic amines is 1. The van der Waals surface area contributed by atoms with E-state index in [1.165, 1.54) is 5.69 Å². The average Bonchev–Trinajstić information content (AvgIpc) is 2.84. The molecule has 0 saturated carbocycles. The predicted molar refractivity (Wildman–Crippen MR) is 89.2 cm³/mol. The van der Waals surface area contributed by atoms with Crippen LogP contribution in [0.3, 0.4) is 0 Å². The number of benzene rings is 1. The van der Waals surface area contributed by atoms with Crippen LogP contribution in [-0.2, 0) is 6.54 Å². The molecule has 4 nitrogen and oxygen atoms in total. The van der Waals surface area contributed by atoms with Crippen molar-refractivity contribution < 1.29 is 0 Å². The molecule has 0 unspecified atom stereocenters. The standard InChI is InChI=1S/C16H18N4S/c1-19(13-7-3-2-4-8-13)11-6-12-20-15-14(18-16(20)21)9-5-10-17-15/h2-5,7-10H,6,11-12H2,1H3,(H,18,21). The number of pyridine rings is 1. The van der Waals surface area contributed by atoms with E-state index >= 15 is 0 Å². The molecule has 3 rings (SSSR count). The van der Waals surface area contributed by atoms with Gasteiger partial charge in [0, 0.05) is 32.0 Å². The van der Waals surface area contributed by atoms with Crippen molar-refractivity contribution in [2.75, 3.05) is 18.5 Å². The van der Waals surface area contributed by atoms with Gasteiger partial charge in [0.1, 0.15) is 0 Å². The van der Waals surface area contributed by atoms with Crippen molar-refractivity contribution in [1.29, 1.82) is 0 Å². The highest BCUT2D eigenvalue weighted by Crippen LogP contribution is 2.13. The third-order valence-corrected chi connectivity index (χ3v) is 3.92. The van der Waals surface area contributed by atoms with E-state index in [2.05, 4.69) is 50.7 Å². The molecule has 2 aromatic heterocycles. The van der Waals surface area contributed by atoms with Gasteiger partial charge >= 0.3 is 0 Å². The maximum absolute atomic E-state index is 5.38. The highest BCUT2D eigenvalue weighted by atomic mass is 32.1. The van der Waals surface area contributed by atoms with E-state index in [1.54, 1.807) is 6.20 Å². The fraction of sp³-hybridized carbons (Fsp3) is 0.250. The fourth-order valence-corrected chi connectivity index (χ4v) is 2.76. The normalized spacial score (nSPS) is 10.9. The summed E-state index contributed by atoms with van der Waals surface area (Å²) >= 11 is 5.38. The molecule has 21 heavy (non-hydrogen) atoms. The number of fused-ring (bicyclic) bond motifs is 1. The van der Waals surface area contributed by atoms with Gasteiger partial charge in [0.2, 0.25) is 0 Å². The van der Waals surface area contributed by atoms with E-state index in [1.807, 2.05) is 18.2 Å². The van der Waals surface area contributed by atoms with Gasteiger partial charge in [-0.1, -0.05) is 18.2 Å². The van der Waals surface area contributed by atoms with Crippen molar-refractivity contribution in [1.82, 2.24) is 14.5 Å². The lowest BCUT2D eigenvalue weighted by atomic mass is 10.3. The lowest BCUT2D eigenvalue weighted by Gasteiger charge is -2.19. The molecule has 0 aliphatic carbocycles. The maximum Gasteiger partial charge on any atom is 0.179 e. The summed E-state index contributed by atoms with van der Waals surface area (Å²) in [5.74, 6) is 0. The van der Waals surface area contributed by atoms with Crippen LogP contribution in [0, 0.1) is 4.77 Å². The molecule has 5 heteroatoms. The molecule has 2 heterocycles. The first kappa shape index (κ1) is 13.8. The topological polar surface area (TPSA) is 36.9 Å². The van der Waals surface area contributed by atoms with Crippen LogP contribution in [0.5, 0.6) is 0 Å². The third-order valence-electron chi connectivity index (χ3n) is 3.60. The molecule has 0 atom stereocenters. The summed E-state index contributed by atoms with van der Waals surface area (Å²) in [4.78, 5) is 9.86. The maximum atomic E-state index is 5.38. The lowest BCUT2D eigenvalue weighted by molar-refractivity contribution is 0.642. The molecule has 0 amide bonds. The highest BCUT2D eigenvalue weighted by molar-refractivity contribution is 7.71. The Bertz CT molecular complexity index is 776. The second-order valence-electron chi connectivity index (χ2n) is 5.07. The molecule has 0 radical (unpaired) electrons. The summed E-state index contributed by atoms with van der Waals surface area (Å²) in [5.41, 5.74) is 3.17. The molecule has 0 bridgehead atoms. The Labute approximate surface area is 129 Å². The number of aryl methyl sites for hydroxylation is 1. The smallest absolute Gasteiger partial charge is 0.179 e. The van der Waals surface area contributed by atoms with Crippen LogP contribution >= 0.6 is 12.2 Å². The van der Waals surface area contributed by atoms with Gasteiger partial charge in [-0.15, -0.1) is 0 Å². The molecule has 108 valence electrons. The largest absolute Gasteiger partial charge is 0.375 e.